The first-order chi connectivity index (χ1) is 13.7. The Morgan fingerprint density at radius 2 is 1.64 bits per heavy atom. The monoisotopic (exact) mass is 394 g/mol. The number of rotatable bonds is 5. The molecule has 2 aliphatic rings. The van der Waals surface area contributed by atoms with Gasteiger partial charge in [-0.3, -0.25) is 9.59 Å². The molecule has 1 saturated heterocycles. The lowest BCUT2D eigenvalue weighted by Gasteiger charge is -2.31. The fourth-order valence-electron chi connectivity index (χ4n) is 4.39. The van der Waals surface area contributed by atoms with Crippen LogP contribution in [-0.2, 0) is 10.2 Å². The van der Waals surface area contributed by atoms with Crippen LogP contribution in [0.2, 0.25) is 0 Å². The first kappa shape index (κ1) is 19.1. The van der Waals surface area contributed by atoms with Crippen molar-refractivity contribution in [2.75, 3.05) is 18.2 Å². The molecule has 1 heterocycles. The van der Waals surface area contributed by atoms with Gasteiger partial charge in [-0.1, -0.05) is 61.4 Å². The Balaban J connectivity index is 1.45. The molecule has 2 fully saturated rings. The predicted octanol–water partition coefficient (Wildman–Crippen LogP) is 3.83. The average molecular weight is 395 g/mol. The van der Waals surface area contributed by atoms with Gasteiger partial charge < -0.3 is 10.2 Å². The van der Waals surface area contributed by atoms with Crippen LogP contribution in [0.1, 0.15) is 41.6 Å². The Labute approximate surface area is 170 Å². The molecule has 5 heteroatoms. The third kappa shape index (κ3) is 3.81. The topological polar surface area (TPSA) is 49.4 Å². The molecular weight excluding hydrogens is 368 g/mol. The Morgan fingerprint density at radius 3 is 2.32 bits per heavy atom. The highest BCUT2D eigenvalue weighted by molar-refractivity contribution is 7.99. The molecule has 1 unspecified atom stereocenters. The van der Waals surface area contributed by atoms with Crippen LogP contribution in [0, 0.1) is 0 Å². The second-order valence-corrected chi connectivity index (χ2v) is 8.73. The molecule has 2 aromatic rings. The van der Waals surface area contributed by atoms with E-state index in [-0.39, 0.29) is 17.2 Å². The molecule has 2 aromatic carbocycles. The van der Waals surface area contributed by atoms with Gasteiger partial charge in [-0.15, -0.1) is 11.8 Å². The van der Waals surface area contributed by atoms with E-state index >= 15 is 0 Å². The maximum atomic E-state index is 13.0. The fourth-order valence-corrected chi connectivity index (χ4v) is 5.55. The van der Waals surface area contributed by atoms with Crippen LogP contribution in [0.15, 0.2) is 60.7 Å². The van der Waals surface area contributed by atoms with Gasteiger partial charge in [-0.2, -0.15) is 0 Å². The molecule has 0 radical (unpaired) electrons. The smallest absolute Gasteiger partial charge is 0.255 e. The van der Waals surface area contributed by atoms with Crippen LogP contribution in [0.5, 0.6) is 0 Å². The SMILES string of the molecule is O=C(NCC1(c2ccccc2)CCCC1)C1CSCN1C(=O)c1ccccc1. The summed E-state index contributed by atoms with van der Waals surface area (Å²) < 4.78 is 0. The lowest BCUT2D eigenvalue weighted by molar-refractivity contribution is -0.124. The molecule has 4 rings (SSSR count). The predicted molar refractivity (Wildman–Crippen MR) is 113 cm³/mol. The number of amides is 2. The number of thioether (sulfide) groups is 1. The van der Waals surface area contributed by atoms with E-state index in [1.807, 2.05) is 36.4 Å². The van der Waals surface area contributed by atoms with E-state index in [4.69, 9.17) is 0 Å². The molecule has 1 atom stereocenters. The van der Waals surface area contributed by atoms with Gasteiger partial charge in [0, 0.05) is 23.3 Å². The Hall–Kier alpha value is -2.27. The molecule has 1 aliphatic heterocycles. The quantitative estimate of drug-likeness (QED) is 0.838. The summed E-state index contributed by atoms with van der Waals surface area (Å²) in [5, 5.41) is 3.20. The fraction of sp³-hybridized carbons (Fsp3) is 0.391. The average Bonchev–Trinajstić information content (AvgIpc) is 3.43. The number of carbonyl (C=O) groups excluding carboxylic acids is 2. The van der Waals surface area contributed by atoms with Gasteiger partial charge in [0.2, 0.25) is 5.91 Å². The van der Waals surface area contributed by atoms with Gasteiger partial charge in [-0.05, 0) is 30.5 Å². The van der Waals surface area contributed by atoms with Crippen LogP contribution in [0.3, 0.4) is 0 Å². The minimum Gasteiger partial charge on any atom is -0.353 e. The van der Waals surface area contributed by atoms with Gasteiger partial charge >= 0.3 is 0 Å². The van der Waals surface area contributed by atoms with E-state index in [2.05, 4.69) is 29.6 Å². The number of benzene rings is 2. The van der Waals surface area contributed by atoms with Gasteiger partial charge in [0.25, 0.3) is 5.91 Å². The summed E-state index contributed by atoms with van der Waals surface area (Å²) in [7, 11) is 0. The number of nitrogens with one attached hydrogen (secondary N) is 1. The third-order valence-corrected chi connectivity index (χ3v) is 7.03. The largest absolute Gasteiger partial charge is 0.353 e. The van der Waals surface area contributed by atoms with Crippen molar-refractivity contribution in [2.24, 2.45) is 0 Å². The van der Waals surface area contributed by atoms with Crippen LogP contribution >= 0.6 is 11.8 Å². The highest BCUT2D eigenvalue weighted by atomic mass is 32.2. The molecule has 0 spiro atoms. The standard InChI is InChI=1S/C23H26N2O2S/c26-21(20-15-28-17-25(20)22(27)18-9-3-1-4-10-18)24-16-23(13-7-8-14-23)19-11-5-2-6-12-19/h1-6,9-12,20H,7-8,13-17H2,(H,24,26). The molecule has 28 heavy (non-hydrogen) atoms. The zero-order valence-electron chi connectivity index (χ0n) is 16.0. The third-order valence-electron chi connectivity index (χ3n) is 6.01. The van der Waals surface area contributed by atoms with Gasteiger partial charge in [-0.25, -0.2) is 0 Å². The molecule has 1 saturated carbocycles. The van der Waals surface area contributed by atoms with Gasteiger partial charge in [0.05, 0.1) is 5.88 Å². The summed E-state index contributed by atoms with van der Waals surface area (Å²) in [6.07, 6.45) is 4.60. The van der Waals surface area contributed by atoms with Gasteiger partial charge in [0.15, 0.2) is 0 Å². The van der Waals surface area contributed by atoms with Crippen LogP contribution in [0.4, 0.5) is 0 Å². The molecular formula is C23H26N2O2S. The summed E-state index contributed by atoms with van der Waals surface area (Å²) in [5.74, 6) is 1.12. The van der Waals surface area contributed by atoms with Crippen molar-refractivity contribution < 1.29 is 9.59 Å². The van der Waals surface area contributed by atoms with Crippen molar-refractivity contribution in [1.29, 1.82) is 0 Å². The van der Waals surface area contributed by atoms with E-state index in [1.54, 1.807) is 16.7 Å². The number of carbonyl (C=O) groups is 2. The maximum Gasteiger partial charge on any atom is 0.255 e. The van der Waals surface area contributed by atoms with Crippen molar-refractivity contribution in [1.82, 2.24) is 10.2 Å². The summed E-state index contributed by atoms with van der Waals surface area (Å²) >= 11 is 1.64. The molecule has 2 amide bonds. The second kappa shape index (κ2) is 8.39. The highest BCUT2D eigenvalue weighted by Crippen LogP contribution is 2.40. The highest BCUT2D eigenvalue weighted by Gasteiger charge is 2.39. The minimum atomic E-state index is -0.396. The maximum absolute atomic E-state index is 13.0. The summed E-state index contributed by atoms with van der Waals surface area (Å²) in [4.78, 5) is 27.6. The summed E-state index contributed by atoms with van der Waals surface area (Å²) in [5.41, 5.74) is 1.97. The molecule has 0 bridgehead atoms. The van der Waals surface area contributed by atoms with E-state index in [0.29, 0.717) is 23.7 Å². The lowest BCUT2D eigenvalue weighted by atomic mass is 9.79. The van der Waals surface area contributed by atoms with Crippen molar-refractivity contribution in [3.8, 4) is 0 Å². The van der Waals surface area contributed by atoms with E-state index < -0.39 is 6.04 Å². The van der Waals surface area contributed by atoms with Crippen molar-refractivity contribution in [3.63, 3.8) is 0 Å². The van der Waals surface area contributed by atoms with Crippen LogP contribution < -0.4 is 5.32 Å². The van der Waals surface area contributed by atoms with Crippen molar-refractivity contribution in [3.05, 3.63) is 71.8 Å². The lowest BCUT2D eigenvalue weighted by Crippen LogP contribution is -2.50. The van der Waals surface area contributed by atoms with E-state index in [1.165, 1.54) is 18.4 Å². The Kier molecular flexibility index (Phi) is 5.72. The molecule has 146 valence electrons. The molecule has 4 nitrogen and oxygen atoms in total. The van der Waals surface area contributed by atoms with Gasteiger partial charge in [0.1, 0.15) is 6.04 Å². The van der Waals surface area contributed by atoms with Crippen LogP contribution in [-0.4, -0.2) is 40.9 Å². The van der Waals surface area contributed by atoms with Crippen LogP contribution in [0.25, 0.3) is 0 Å². The number of hydrogen-bond acceptors (Lipinski definition) is 3. The molecule has 0 aromatic heterocycles. The molecule has 1 aliphatic carbocycles. The summed E-state index contributed by atoms with van der Waals surface area (Å²) in [6.45, 7) is 0.643. The van der Waals surface area contributed by atoms with E-state index in [9.17, 15) is 9.59 Å². The van der Waals surface area contributed by atoms with Crippen molar-refractivity contribution in [2.45, 2.75) is 37.1 Å². The molecule has 1 N–H and O–H groups in total. The van der Waals surface area contributed by atoms with Crippen molar-refractivity contribution >= 4 is 23.6 Å². The Morgan fingerprint density at radius 1 is 1.00 bits per heavy atom. The normalized spacial score (nSPS) is 20.9. The first-order valence-corrected chi connectivity index (χ1v) is 11.1. The minimum absolute atomic E-state index is 0.0247. The second-order valence-electron chi connectivity index (χ2n) is 7.73. The van der Waals surface area contributed by atoms with E-state index in [0.717, 1.165) is 12.8 Å². The number of hydrogen-bond donors (Lipinski definition) is 1. The Bertz CT molecular complexity index is 819. The zero-order valence-corrected chi connectivity index (χ0v) is 16.8. The zero-order chi connectivity index (χ0) is 19.4. The summed E-state index contributed by atoms with van der Waals surface area (Å²) in [6, 6.07) is 19.4. The number of nitrogens with zero attached hydrogens (tertiary/aromatic N) is 1. The first-order valence-electron chi connectivity index (χ1n) is 9.97.